The Morgan fingerprint density at radius 3 is 1.69 bits per heavy atom. The molecule has 29 heavy (non-hydrogen) atoms. The second-order valence-electron chi connectivity index (χ2n) is 7.97. The van der Waals surface area contributed by atoms with Crippen LogP contribution >= 0.6 is 0 Å². The summed E-state index contributed by atoms with van der Waals surface area (Å²) in [6.07, 6.45) is 4.52. The largest absolute Gasteiger partial charge is 0.401 e. The first-order valence-electron chi connectivity index (χ1n) is 10.3. The number of fused-ring (bicyclic) bond motifs is 1. The van der Waals surface area contributed by atoms with E-state index in [0.717, 1.165) is 12.8 Å². The highest BCUT2D eigenvalue weighted by Crippen LogP contribution is 2.41. The lowest BCUT2D eigenvalue weighted by Crippen LogP contribution is -2.70. The Morgan fingerprint density at radius 2 is 1.21 bits per heavy atom. The summed E-state index contributed by atoms with van der Waals surface area (Å²) in [5.74, 6) is 0.496. The third kappa shape index (κ3) is 3.20. The van der Waals surface area contributed by atoms with Crippen LogP contribution < -0.4 is 15.6 Å². The zero-order valence-electron chi connectivity index (χ0n) is 16.3. The average molecular weight is 397 g/mol. The van der Waals surface area contributed by atoms with E-state index in [9.17, 15) is 4.79 Å². The van der Waals surface area contributed by atoms with Crippen LogP contribution in [0.5, 0.6) is 0 Å². The molecule has 0 saturated heterocycles. The smallest absolute Gasteiger partial charge is 0.288 e. The van der Waals surface area contributed by atoms with Gasteiger partial charge in [-0.1, -0.05) is 96.6 Å². The molecule has 0 bridgehead atoms. The molecule has 3 aromatic rings. The minimum absolute atomic E-state index is 0.0833. The van der Waals surface area contributed by atoms with Crippen molar-refractivity contribution in [3.63, 3.8) is 0 Å². The number of rotatable bonds is 5. The van der Waals surface area contributed by atoms with Crippen molar-refractivity contribution in [2.24, 2.45) is 5.92 Å². The molecule has 0 heterocycles. The molecule has 3 aromatic carbocycles. The number of hydrogen-bond acceptors (Lipinski definition) is 2. The fraction of sp³-hybridized carbons (Fsp3) is 0.192. The van der Waals surface area contributed by atoms with Gasteiger partial charge in [0.05, 0.1) is 6.10 Å². The van der Waals surface area contributed by atoms with E-state index in [2.05, 4.69) is 91.0 Å². The van der Waals surface area contributed by atoms with Gasteiger partial charge in [0.2, 0.25) is 0 Å². The van der Waals surface area contributed by atoms with Crippen LogP contribution in [-0.2, 0) is 9.22 Å². The third-order valence-electron chi connectivity index (χ3n) is 6.28. The van der Waals surface area contributed by atoms with Crippen LogP contribution in [0.15, 0.2) is 103 Å². The van der Waals surface area contributed by atoms with Gasteiger partial charge in [0.25, 0.3) is 8.32 Å². The summed E-state index contributed by atoms with van der Waals surface area (Å²) in [5.41, 5.74) is 1.29. The van der Waals surface area contributed by atoms with Gasteiger partial charge in [-0.15, -0.1) is 0 Å². The van der Waals surface area contributed by atoms with Crippen LogP contribution in [-0.4, -0.2) is 20.2 Å². The third-order valence-corrected chi connectivity index (χ3v) is 10.4. The molecule has 3 heteroatoms. The molecule has 2 atom stereocenters. The Morgan fingerprint density at radius 1 is 0.724 bits per heavy atom. The van der Waals surface area contributed by atoms with Gasteiger partial charge in [-0.2, -0.15) is 0 Å². The SMILES string of the molecule is O=C1C=C2CC[C@@H](O[Si](c3ccccc3)(c3ccccc3)c3ccccc3)[C@@H]2C1. The molecule has 0 spiro atoms. The Hall–Kier alpha value is -2.75. The molecule has 0 N–H and O–H groups in total. The molecule has 0 aliphatic heterocycles. The molecule has 1 saturated carbocycles. The van der Waals surface area contributed by atoms with Crippen LogP contribution in [0.25, 0.3) is 0 Å². The van der Waals surface area contributed by atoms with E-state index >= 15 is 0 Å². The van der Waals surface area contributed by atoms with Crippen molar-refractivity contribution in [2.45, 2.75) is 25.4 Å². The first kappa shape index (κ1) is 18.3. The molecule has 1 fully saturated rings. The van der Waals surface area contributed by atoms with Crippen molar-refractivity contribution in [1.82, 2.24) is 0 Å². The van der Waals surface area contributed by atoms with Crippen LogP contribution in [0.1, 0.15) is 19.3 Å². The normalized spacial score (nSPS) is 21.1. The summed E-state index contributed by atoms with van der Waals surface area (Å²) in [6.45, 7) is 0. The number of carbonyl (C=O) groups excluding carboxylic acids is 1. The maximum Gasteiger partial charge on any atom is 0.288 e. The average Bonchev–Trinajstić information content (AvgIpc) is 3.33. The van der Waals surface area contributed by atoms with E-state index in [1.54, 1.807) is 0 Å². The zero-order chi connectivity index (χ0) is 19.7. The predicted molar refractivity (Wildman–Crippen MR) is 119 cm³/mol. The predicted octanol–water partition coefficient (Wildman–Crippen LogP) is 3.35. The lowest BCUT2D eigenvalue weighted by molar-refractivity contribution is -0.114. The Labute approximate surface area is 173 Å². The van der Waals surface area contributed by atoms with E-state index < -0.39 is 8.32 Å². The van der Waals surface area contributed by atoms with Crippen molar-refractivity contribution in [3.05, 3.63) is 103 Å². The molecule has 0 aromatic heterocycles. The number of benzene rings is 3. The molecule has 144 valence electrons. The molecule has 2 aliphatic rings. The molecule has 0 unspecified atom stereocenters. The summed E-state index contributed by atoms with van der Waals surface area (Å²) in [4.78, 5) is 12.1. The molecule has 0 amide bonds. The summed E-state index contributed by atoms with van der Waals surface area (Å²) in [7, 11) is -2.71. The fourth-order valence-corrected chi connectivity index (χ4v) is 9.08. The Kier molecular flexibility index (Phi) is 4.78. The van der Waals surface area contributed by atoms with Crippen molar-refractivity contribution >= 4 is 29.7 Å². The van der Waals surface area contributed by atoms with Gasteiger partial charge in [-0.25, -0.2) is 0 Å². The zero-order valence-corrected chi connectivity index (χ0v) is 17.3. The monoisotopic (exact) mass is 396 g/mol. The second-order valence-corrected chi connectivity index (χ2v) is 11.3. The van der Waals surface area contributed by atoms with Crippen molar-refractivity contribution in [2.75, 3.05) is 0 Å². The minimum atomic E-state index is -2.71. The van der Waals surface area contributed by atoms with Gasteiger partial charge in [0.15, 0.2) is 5.78 Å². The highest BCUT2D eigenvalue weighted by Gasteiger charge is 2.47. The van der Waals surface area contributed by atoms with Gasteiger partial charge in [0, 0.05) is 12.3 Å². The van der Waals surface area contributed by atoms with Crippen molar-refractivity contribution < 1.29 is 9.22 Å². The van der Waals surface area contributed by atoms with Gasteiger partial charge in [-0.05, 0) is 34.5 Å². The Balaban J connectivity index is 1.68. The van der Waals surface area contributed by atoms with Crippen molar-refractivity contribution in [1.29, 1.82) is 0 Å². The van der Waals surface area contributed by atoms with Gasteiger partial charge in [0.1, 0.15) is 0 Å². The quantitative estimate of drug-likeness (QED) is 0.488. The first-order chi connectivity index (χ1) is 14.3. The molecule has 2 aliphatic carbocycles. The maximum atomic E-state index is 12.1. The standard InChI is InChI=1S/C26H24O2Si/c27-21-18-20-16-17-26(25(20)19-21)28-29(22-10-4-1-5-11-22,23-12-6-2-7-13-23)24-14-8-3-9-15-24/h1-15,18,25-26H,16-17,19H2/t25-,26-/m1/s1. The molecular formula is C26H24O2Si. The number of hydrogen-bond donors (Lipinski definition) is 0. The molecule has 5 rings (SSSR count). The summed E-state index contributed by atoms with van der Waals surface area (Å²) in [6, 6.07) is 32.0. The lowest BCUT2D eigenvalue weighted by Gasteiger charge is -2.37. The highest BCUT2D eigenvalue weighted by molar-refractivity contribution is 7.07. The number of carbonyl (C=O) groups is 1. The Bertz CT molecular complexity index is 931. The maximum absolute atomic E-state index is 12.1. The van der Waals surface area contributed by atoms with E-state index in [1.807, 2.05) is 6.08 Å². The second kappa shape index (κ2) is 7.58. The van der Waals surface area contributed by atoms with Crippen LogP contribution in [0.2, 0.25) is 0 Å². The lowest BCUT2D eigenvalue weighted by atomic mass is 10.0. The van der Waals surface area contributed by atoms with Crippen molar-refractivity contribution in [3.8, 4) is 0 Å². The summed E-state index contributed by atoms with van der Waals surface area (Å²) < 4.78 is 7.27. The molecule has 2 nitrogen and oxygen atoms in total. The highest BCUT2D eigenvalue weighted by atomic mass is 28.4. The summed E-state index contributed by atoms with van der Waals surface area (Å²) in [5, 5.41) is 3.75. The van der Waals surface area contributed by atoms with E-state index in [-0.39, 0.29) is 17.8 Å². The topological polar surface area (TPSA) is 26.3 Å². The van der Waals surface area contributed by atoms with Gasteiger partial charge in [-0.3, -0.25) is 4.79 Å². The fourth-order valence-electron chi connectivity index (χ4n) is 4.95. The van der Waals surface area contributed by atoms with Gasteiger partial charge < -0.3 is 4.43 Å². The minimum Gasteiger partial charge on any atom is -0.401 e. The van der Waals surface area contributed by atoms with E-state index in [4.69, 9.17) is 4.43 Å². The summed E-state index contributed by atoms with van der Waals surface area (Å²) >= 11 is 0. The van der Waals surface area contributed by atoms with E-state index in [1.165, 1.54) is 21.1 Å². The molecule has 0 radical (unpaired) electrons. The van der Waals surface area contributed by atoms with Crippen LogP contribution in [0.3, 0.4) is 0 Å². The molecular weight excluding hydrogens is 372 g/mol. The van der Waals surface area contributed by atoms with E-state index in [0.29, 0.717) is 6.42 Å². The first-order valence-corrected chi connectivity index (χ1v) is 12.3. The number of ketones is 1. The van der Waals surface area contributed by atoms with Crippen LogP contribution in [0, 0.1) is 5.92 Å². The van der Waals surface area contributed by atoms with Crippen LogP contribution in [0.4, 0.5) is 0 Å². The van der Waals surface area contributed by atoms with Gasteiger partial charge >= 0.3 is 0 Å². The number of allylic oxidation sites excluding steroid dienone is 1.